The van der Waals surface area contributed by atoms with Crippen molar-refractivity contribution in [3.63, 3.8) is 0 Å². The fraction of sp³-hybridized carbons (Fsp3) is 0.318. The van der Waals surface area contributed by atoms with Crippen LogP contribution in [-0.2, 0) is 9.59 Å². The minimum atomic E-state index is -0.486. The van der Waals surface area contributed by atoms with Crippen LogP contribution >= 0.6 is 11.8 Å². The van der Waals surface area contributed by atoms with Crippen molar-refractivity contribution in [2.75, 3.05) is 19.0 Å². The van der Waals surface area contributed by atoms with Crippen molar-refractivity contribution in [2.24, 2.45) is 4.99 Å². The number of nitrogens with zero attached hydrogens (tertiary/aromatic N) is 2. The quantitative estimate of drug-likeness (QED) is 0.734. The first-order chi connectivity index (χ1) is 14.0. The number of benzene rings is 2. The van der Waals surface area contributed by atoms with E-state index in [1.165, 1.54) is 11.8 Å². The van der Waals surface area contributed by atoms with Gasteiger partial charge < -0.3 is 10.1 Å². The second-order valence-electron chi connectivity index (χ2n) is 6.78. The maximum Gasteiger partial charge on any atom is 0.242 e. The molecule has 2 amide bonds. The molecular weight excluding hydrogens is 386 g/mol. The van der Waals surface area contributed by atoms with E-state index in [-0.39, 0.29) is 18.2 Å². The van der Waals surface area contributed by atoms with Crippen molar-refractivity contribution in [1.29, 1.82) is 0 Å². The van der Waals surface area contributed by atoms with Crippen LogP contribution in [0.5, 0.6) is 5.75 Å². The number of ether oxygens (including phenoxy) is 1. The third-order valence-corrected chi connectivity index (χ3v) is 5.65. The number of amides is 2. The molecule has 2 aromatic carbocycles. The van der Waals surface area contributed by atoms with Crippen LogP contribution < -0.4 is 10.1 Å². The number of methoxy groups -OCH3 is 1. The summed E-state index contributed by atoms with van der Waals surface area (Å²) in [5.41, 5.74) is 2.54. The Labute approximate surface area is 175 Å². The van der Waals surface area contributed by atoms with Gasteiger partial charge in [0.1, 0.15) is 11.0 Å². The largest absolute Gasteiger partial charge is 0.495 e. The molecule has 3 rings (SSSR count). The first kappa shape index (κ1) is 20.9. The Morgan fingerprint density at radius 3 is 2.62 bits per heavy atom. The van der Waals surface area contributed by atoms with Gasteiger partial charge in [0.05, 0.1) is 18.5 Å². The molecular formula is C22H25N3O3S. The number of aliphatic imine (C=N–C) groups is 1. The number of anilines is 1. The monoisotopic (exact) mass is 411 g/mol. The van der Waals surface area contributed by atoms with Gasteiger partial charge in [-0.3, -0.25) is 14.5 Å². The third kappa shape index (κ3) is 5.17. The molecule has 0 aliphatic carbocycles. The molecule has 0 aromatic heterocycles. The van der Waals surface area contributed by atoms with Gasteiger partial charge in [-0.1, -0.05) is 48.5 Å². The Bertz CT molecular complexity index is 912. The summed E-state index contributed by atoms with van der Waals surface area (Å²) in [5, 5.41) is 3.00. The molecule has 1 saturated heterocycles. The topological polar surface area (TPSA) is 71.0 Å². The summed E-state index contributed by atoms with van der Waals surface area (Å²) in [6.45, 7) is 4.62. The fourth-order valence-electron chi connectivity index (χ4n) is 3.00. The number of carbonyl (C=O) groups excluding carboxylic acids is 2. The van der Waals surface area contributed by atoms with Gasteiger partial charge in [-0.2, -0.15) is 0 Å². The summed E-state index contributed by atoms with van der Waals surface area (Å²) >= 11 is 1.35. The van der Waals surface area contributed by atoms with Gasteiger partial charge in [-0.15, -0.1) is 0 Å². The summed E-state index contributed by atoms with van der Waals surface area (Å²) in [6, 6.07) is 15.0. The molecule has 2 aromatic rings. The van der Waals surface area contributed by atoms with E-state index in [4.69, 9.17) is 4.74 Å². The van der Waals surface area contributed by atoms with Crippen LogP contribution in [0.1, 0.15) is 25.3 Å². The van der Waals surface area contributed by atoms with Gasteiger partial charge in [0, 0.05) is 13.0 Å². The van der Waals surface area contributed by atoms with E-state index in [0.29, 0.717) is 23.1 Å². The summed E-state index contributed by atoms with van der Waals surface area (Å²) in [5.74, 6) is 0.284. The lowest BCUT2D eigenvalue weighted by molar-refractivity contribution is -0.128. The number of aryl methyl sites for hydroxylation is 1. The number of nitrogens with one attached hydrogen (secondary N) is 1. The molecule has 0 bridgehead atoms. The van der Waals surface area contributed by atoms with Crippen LogP contribution in [0.4, 0.5) is 11.4 Å². The minimum Gasteiger partial charge on any atom is -0.495 e. The number of rotatable bonds is 7. The number of hydrogen-bond donors (Lipinski definition) is 1. The van der Waals surface area contributed by atoms with E-state index < -0.39 is 5.25 Å². The van der Waals surface area contributed by atoms with Crippen LogP contribution in [0, 0.1) is 6.92 Å². The van der Waals surface area contributed by atoms with Crippen molar-refractivity contribution in [1.82, 2.24) is 4.90 Å². The van der Waals surface area contributed by atoms with Crippen LogP contribution in [0.2, 0.25) is 0 Å². The molecule has 1 atom stereocenters. The van der Waals surface area contributed by atoms with Crippen LogP contribution in [0.3, 0.4) is 0 Å². The lowest BCUT2D eigenvalue weighted by atomic mass is 10.2. The fourth-order valence-corrected chi connectivity index (χ4v) is 4.19. The average Bonchev–Trinajstić information content (AvgIpc) is 2.99. The highest BCUT2D eigenvalue weighted by Gasteiger charge is 2.38. The Balaban J connectivity index is 1.73. The lowest BCUT2D eigenvalue weighted by Crippen LogP contribution is -2.34. The van der Waals surface area contributed by atoms with Crippen LogP contribution in [-0.4, -0.2) is 40.8 Å². The SMILES string of the molecule is CCCN1C(=O)[C@@H](CC(=O)Nc2ccccc2OC)SC1=Nc1ccc(C)cc1. The number of carbonyl (C=O) groups is 2. The predicted octanol–water partition coefficient (Wildman–Crippen LogP) is 4.37. The normalized spacial score (nSPS) is 17.6. The van der Waals surface area contributed by atoms with Crippen LogP contribution in [0.25, 0.3) is 0 Å². The maximum absolute atomic E-state index is 12.9. The highest BCUT2D eigenvalue weighted by molar-refractivity contribution is 8.15. The second kappa shape index (κ2) is 9.60. The molecule has 0 radical (unpaired) electrons. The van der Waals surface area contributed by atoms with Gasteiger partial charge in [0.2, 0.25) is 11.8 Å². The van der Waals surface area contributed by atoms with Crippen molar-refractivity contribution < 1.29 is 14.3 Å². The Morgan fingerprint density at radius 1 is 1.21 bits per heavy atom. The zero-order valence-corrected chi connectivity index (χ0v) is 17.7. The minimum absolute atomic E-state index is 0.0714. The van der Waals surface area contributed by atoms with Crippen LogP contribution in [0.15, 0.2) is 53.5 Å². The molecule has 6 nitrogen and oxygen atoms in total. The number of para-hydroxylation sites is 2. The van der Waals surface area contributed by atoms with E-state index in [1.54, 1.807) is 24.1 Å². The molecule has 0 spiro atoms. The molecule has 0 saturated carbocycles. The summed E-state index contributed by atoms with van der Waals surface area (Å²) in [4.78, 5) is 31.8. The molecule has 1 N–H and O–H groups in total. The van der Waals surface area contributed by atoms with Crippen molar-refractivity contribution in [3.8, 4) is 5.75 Å². The molecule has 152 valence electrons. The number of amidine groups is 1. The van der Waals surface area contributed by atoms with Gasteiger partial charge in [-0.25, -0.2) is 4.99 Å². The summed E-state index contributed by atoms with van der Waals surface area (Å²) in [6.07, 6.45) is 0.897. The molecule has 1 fully saturated rings. The van der Waals surface area contributed by atoms with Crippen molar-refractivity contribution >= 4 is 40.1 Å². The first-order valence-corrected chi connectivity index (χ1v) is 10.5. The zero-order chi connectivity index (χ0) is 20.8. The van der Waals surface area contributed by atoms with E-state index >= 15 is 0 Å². The maximum atomic E-state index is 12.9. The average molecular weight is 412 g/mol. The van der Waals surface area contributed by atoms with Gasteiger partial charge in [0.15, 0.2) is 5.17 Å². The number of thioether (sulfide) groups is 1. The van der Waals surface area contributed by atoms with Gasteiger partial charge in [0.25, 0.3) is 0 Å². The lowest BCUT2D eigenvalue weighted by Gasteiger charge is -2.15. The van der Waals surface area contributed by atoms with E-state index in [0.717, 1.165) is 17.7 Å². The molecule has 1 aliphatic heterocycles. The van der Waals surface area contributed by atoms with Crippen molar-refractivity contribution in [2.45, 2.75) is 31.9 Å². The highest BCUT2D eigenvalue weighted by atomic mass is 32.2. The summed E-state index contributed by atoms with van der Waals surface area (Å²) in [7, 11) is 1.55. The van der Waals surface area contributed by atoms with E-state index in [2.05, 4.69) is 10.3 Å². The Morgan fingerprint density at radius 2 is 1.93 bits per heavy atom. The van der Waals surface area contributed by atoms with Crippen molar-refractivity contribution in [3.05, 3.63) is 54.1 Å². The second-order valence-corrected chi connectivity index (χ2v) is 7.95. The van der Waals surface area contributed by atoms with Gasteiger partial charge in [-0.05, 0) is 37.6 Å². The zero-order valence-electron chi connectivity index (χ0n) is 16.8. The molecule has 7 heteroatoms. The highest BCUT2D eigenvalue weighted by Crippen LogP contribution is 2.32. The molecule has 29 heavy (non-hydrogen) atoms. The first-order valence-electron chi connectivity index (χ1n) is 9.58. The molecule has 1 heterocycles. The third-order valence-electron chi connectivity index (χ3n) is 4.48. The summed E-state index contributed by atoms with van der Waals surface area (Å²) < 4.78 is 5.26. The Kier molecular flexibility index (Phi) is 6.93. The Hall–Kier alpha value is -2.80. The van der Waals surface area contributed by atoms with E-state index in [1.807, 2.05) is 50.2 Å². The number of hydrogen-bond acceptors (Lipinski definition) is 5. The predicted molar refractivity (Wildman–Crippen MR) is 118 cm³/mol. The van der Waals surface area contributed by atoms with E-state index in [9.17, 15) is 9.59 Å². The molecule has 1 aliphatic rings. The van der Waals surface area contributed by atoms with Gasteiger partial charge >= 0.3 is 0 Å². The smallest absolute Gasteiger partial charge is 0.242 e. The standard InChI is InChI=1S/C22H25N3O3S/c1-4-13-25-21(27)19(29-22(25)23-16-11-9-15(2)10-12-16)14-20(26)24-17-7-5-6-8-18(17)28-3/h5-12,19H,4,13-14H2,1-3H3,(H,24,26)/t19-/m1/s1. The molecule has 0 unspecified atom stereocenters.